The van der Waals surface area contributed by atoms with Gasteiger partial charge >= 0.3 is 5.97 Å². The minimum Gasteiger partial charge on any atom is -0.469 e. The van der Waals surface area contributed by atoms with Crippen LogP contribution in [0.15, 0.2) is 30.3 Å². The summed E-state index contributed by atoms with van der Waals surface area (Å²) in [5.41, 5.74) is -0.283. The van der Waals surface area contributed by atoms with Crippen LogP contribution in [-0.2, 0) is 25.6 Å². The predicted octanol–water partition coefficient (Wildman–Crippen LogP) is 3.87. The third-order valence-electron chi connectivity index (χ3n) is 6.18. The van der Waals surface area contributed by atoms with Crippen molar-refractivity contribution < 1.29 is 19.0 Å². The molecule has 3 atom stereocenters. The Morgan fingerprint density at radius 2 is 2.00 bits per heavy atom. The Morgan fingerprint density at radius 1 is 1.29 bits per heavy atom. The zero-order chi connectivity index (χ0) is 17.4. The first-order valence-corrected chi connectivity index (χ1v) is 8.83. The van der Waals surface area contributed by atoms with Crippen molar-refractivity contribution in [2.24, 2.45) is 5.41 Å². The van der Waals surface area contributed by atoms with Crippen LogP contribution in [0.2, 0.25) is 0 Å². The molecule has 0 aromatic heterocycles. The van der Waals surface area contributed by atoms with Gasteiger partial charge in [0.05, 0.1) is 36.4 Å². The molecule has 0 amide bonds. The zero-order valence-corrected chi connectivity index (χ0v) is 15.1. The van der Waals surface area contributed by atoms with Gasteiger partial charge in [0, 0.05) is 6.42 Å². The van der Waals surface area contributed by atoms with E-state index in [0.29, 0.717) is 6.61 Å². The van der Waals surface area contributed by atoms with Crippen LogP contribution in [-0.4, -0.2) is 30.4 Å². The summed E-state index contributed by atoms with van der Waals surface area (Å²) in [6.07, 6.45) is 3.47. The maximum Gasteiger partial charge on any atom is 0.314 e. The second-order valence-electron chi connectivity index (χ2n) is 7.62. The molecule has 2 bridgehead atoms. The second-order valence-corrected chi connectivity index (χ2v) is 7.62. The van der Waals surface area contributed by atoms with Gasteiger partial charge in [0.15, 0.2) is 0 Å². The zero-order valence-electron chi connectivity index (χ0n) is 15.1. The Balaban J connectivity index is 1.79. The molecular formula is C20H28O4. The molecule has 2 aliphatic heterocycles. The Bertz CT molecular complexity index is 597. The first-order valence-electron chi connectivity index (χ1n) is 8.83. The maximum absolute atomic E-state index is 12.3. The van der Waals surface area contributed by atoms with Crippen molar-refractivity contribution in [3.05, 3.63) is 35.9 Å². The molecule has 3 unspecified atom stereocenters. The fraction of sp³-hybridized carbons (Fsp3) is 0.650. The van der Waals surface area contributed by atoms with E-state index in [1.54, 1.807) is 0 Å². The summed E-state index contributed by atoms with van der Waals surface area (Å²) in [4.78, 5) is 12.3. The molecule has 24 heavy (non-hydrogen) atoms. The molecule has 2 fully saturated rings. The summed E-state index contributed by atoms with van der Waals surface area (Å²) in [6, 6.07) is 10.2. The van der Waals surface area contributed by atoms with E-state index in [4.69, 9.17) is 14.2 Å². The highest BCUT2D eigenvalue weighted by Gasteiger charge is 2.68. The number of benzene rings is 1. The Hall–Kier alpha value is -1.39. The molecule has 4 nitrogen and oxygen atoms in total. The summed E-state index contributed by atoms with van der Waals surface area (Å²) < 4.78 is 17.9. The number of fused-ring (bicyclic) bond motifs is 2. The van der Waals surface area contributed by atoms with Gasteiger partial charge in [-0.05, 0) is 38.7 Å². The Kier molecular flexibility index (Phi) is 4.47. The number of ether oxygens (including phenoxy) is 3. The third kappa shape index (κ3) is 2.56. The van der Waals surface area contributed by atoms with Crippen LogP contribution < -0.4 is 0 Å². The predicted molar refractivity (Wildman–Crippen MR) is 91.5 cm³/mol. The first kappa shape index (κ1) is 17.4. The molecule has 0 N–H and O–H groups in total. The van der Waals surface area contributed by atoms with E-state index >= 15 is 0 Å². The molecule has 1 aromatic rings. The fourth-order valence-electron chi connectivity index (χ4n) is 4.36. The third-order valence-corrected chi connectivity index (χ3v) is 6.18. The monoisotopic (exact) mass is 332 g/mol. The quantitative estimate of drug-likeness (QED) is 0.742. The number of carbonyl (C=O) groups excluding carboxylic acids is 1. The lowest BCUT2D eigenvalue weighted by Crippen LogP contribution is -2.49. The van der Waals surface area contributed by atoms with Gasteiger partial charge in [0.25, 0.3) is 0 Å². The molecular weight excluding hydrogens is 304 g/mol. The highest BCUT2D eigenvalue weighted by molar-refractivity contribution is 5.77. The first-order chi connectivity index (χ1) is 11.4. The second kappa shape index (κ2) is 6.16. The standard InChI is InChI=1S/C20H28O4/c1-5-19-11-12-20(24-19,18(2,3)17(21)22-4)13-16(19)23-14-15-9-7-6-8-10-15/h6-10,16H,5,11-14H2,1-4H3. The topological polar surface area (TPSA) is 44.8 Å². The Labute approximate surface area is 144 Å². The normalized spacial score (nSPS) is 32.1. The fourth-order valence-corrected chi connectivity index (χ4v) is 4.36. The van der Waals surface area contributed by atoms with E-state index in [1.165, 1.54) is 7.11 Å². The van der Waals surface area contributed by atoms with Gasteiger partial charge in [-0.15, -0.1) is 0 Å². The summed E-state index contributed by atoms with van der Waals surface area (Å²) >= 11 is 0. The van der Waals surface area contributed by atoms with E-state index in [1.807, 2.05) is 32.0 Å². The highest BCUT2D eigenvalue weighted by atomic mass is 16.6. The molecule has 0 aliphatic carbocycles. The van der Waals surface area contributed by atoms with Crippen molar-refractivity contribution >= 4 is 5.97 Å². The molecule has 2 saturated heterocycles. The van der Waals surface area contributed by atoms with Crippen molar-refractivity contribution in [2.75, 3.05) is 7.11 Å². The molecule has 1 aromatic carbocycles. The van der Waals surface area contributed by atoms with Gasteiger partial charge in [-0.25, -0.2) is 0 Å². The van der Waals surface area contributed by atoms with E-state index in [-0.39, 0.29) is 17.7 Å². The Morgan fingerprint density at radius 3 is 2.62 bits per heavy atom. The molecule has 0 saturated carbocycles. The average molecular weight is 332 g/mol. The number of rotatable bonds is 6. The minimum absolute atomic E-state index is 0.0142. The molecule has 3 rings (SSSR count). The number of methoxy groups -OCH3 is 1. The van der Waals surface area contributed by atoms with Crippen LogP contribution in [0.1, 0.15) is 52.0 Å². The molecule has 2 aliphatic rings. The summed E-state index contributed by atoms with van der Waals surface area (Å²) in [6.45, 7) is 6.59. The van der Waals surface area contributed by atoms with Gasteiger partial charge in [0.2, 0.25) is 0 Å². The number of hydrogen-bond acceptors (Lipinski definition) is 4. The molecule has 0 spiro atoms. The summed E-state index contributed by atoms with van der Waals surface area (Å²) in [7, 11) is 1.45. The van der Waals surface area contributed by atoms with E-state index < -0.39 is 11.0 Å². The molecule has 0 radical (unpaired) electrons. The molecule has 4 heteroatoms. The van der Waals surface area contributed by atoms with Crippen LogP contribution in [0.25, 0.3) is 0 Å². The lowest BCUT2D eigenvalue weighted by atomic mass is 9.66. The number of esters is 1. The maximum atomic E-state index is 12.3. The van der Waals surface area contributed by atoms with Crippen LogP contribution >= 0.6 is 0 Å². The van der Waals surface area contributed by atoms with Crippen molar-refractivity contribution in [3.63, 3.8) is 0 Å². The minimum atomic E-state index is -0.677. The molecule has 132 valence electrons. The lowest BCUT2D eigenvalue weighted by Gasteiger charge is -2.39. The van der Waals surface area contributed by atoms with E-state index in [9.17, 15) is 4.79 Å². The molecule has 2 heterocycles. The van der Waals surface area contributed by atoms with Crippen LogP contribution in [0.5, 0.6) is 0 Å². The van der Waals surface area contributed by atoms with Crippen LogP contribution in [0.3, 0.4) is 0 Å². The van der Waals surface area contributed by atoms with Gasteiger partial charge < -0.3 is 14.2 Å². The van der Waals surface area contributed by atoms with Crippen molar-refractivity contribution in [1.82, 2.24) is 0 Å². The summed E-state index contributed by atoms with van der Waals surface area (Å²) in [5, 5.41) is 0. The lowest BCUT2D eigenvalue weighted by molar-refractivity contribution is -0.174. The number of carbonyl (C=O) groups is 1. The average Bonchev–Trinajstić information content (AvgIpc) is 3.16. The van der Waals surface area contributed by atoms with Crippen molar-refractivity contribution in [3.8, 4) is 0 Å². The SMILES string of the molecule is CCC12CCC(C(C)(C)C(=O)OC)(CC1OCc1ccccc1)O2. The van der Waals surface area contributed by atoms with Gasteiger partial charge in [0.1, 0.15) is 0 Å². The van der Waals surface area contributed by atoms with Gasteiger partial charge in [-0.3, -0.25) is 4.79 Å². The largest absolute Gasteiger partial charge is 0.469 e. The van der Waals surface area contributed by atoms with Crippen molar-refractivity contribution in [2.45, 2.75) is 70.4 Å². The van der Waals surface area contributed by atoms with E-state index in [0.717, 1.165) is 31.2 Å². The van der Waals surface area contributed by atoms with Crippen LogP contribution in [0.4, 0.5) is 0 Å². The van der Waals surface area contributed by atoms with Crippen molar-refractivity contribution in [1.29, 1.82) is 0 Å². The summed E-state index contributed by atoms with van der Waals surface area (Å²) in [5.74, 6) is -0.210. The van der Waals surface area contributed by atoms with Crippen LogP contribution in [0, 0.1) is 5.41 Å². The van der Waals surface area contributed by atoms with Gasteiger partial charge in [-0.2, -0.15) is 0 Å². The van der Waals surface area contributed by atoms with Gasteiger partial charge in [-0.1, -0.05) is 37.3 Å². The smallest absolute Gasteiger partial charge is 0.314 e. The highest BCUT2D eigenvalue weighted by Crippen LogP contribution is 2.60. The number of hydrogen-bond donors (Lipinski definition) is 0. The van der Waals surface area contributed by atoms with E-state index in [2.05, 4.69) is 19.1 Å².